The van der Waals surface area contributed by atoms with Gasteiger partial charge in [-0.25, -0.2) is 4.79 Å². The fraction of sp³-hybridized carbons (Fsp3) is 0.211. The second-order valence-corrected chi connectivity index (χ2v) is 6.99. The van der Waals surface area contributed by atoms with Crippen molar-refractivity contribution in [1.82, 2.24) is 5.27 Å². The normalized spacial score (nSPS) is 11.8. The van der Waals surface area contributed by atoms with Crippen LogP contribution in [0.15, 0.2) is 68.9 Å². The molecule has 7 nitrogen and oxygen atoms in total. The standard InChI is InChI=1S/C19H19N3O4S/c1-3-25-16-11-9-14(10-12-16)20-17(23)13(2)27-18-19(24)26-21-22(18)15-7-5-4-6-8-15/h4-13H,3H2,1-2H3,(H-,20,21,23,24)/p+1. The summed E-state index contributed by atoms with van der Waals surface area (Å²) in [6.45, 7) is 4.23. The molecule has 2 N–H and O–H groups in total. The Hall–Kier alpha value is -3.00. The van der Waals surface area contributed by atoms with Crippen LogP contribution in [-0.4, -0.2) is 23.0 Å². The first-order valence-corrected chi connectivity index (χ1v) is 9.35. The summed E-state index contributed by atoms with van der Waals surface area (Å²) in [4.78, 5) is 24.5. The number of aromatic amines is 1. The number of carbonyl (C=O) groups is 1. The number of anilines is 1. The van der Waals surface area contributed by atoms with Gasteiger partial charge in [0.2, 0.25) is 11.6 Å². The highest BCUT2D eigenvalue weighted by atomic mass is 32.2. The maximum Gasteiger partial charge on any atom is 0.442 e. The number of hydrogen-bond donors (Lipinski definition) is 2. The fourth-order valence-electron chi connectivity index (χ4n) is 2.38. The van der Waals surface area contributed by atoms with Gasteiger partial charge in [-0.1, -0.05) is 18.2 Å². The molecule has 140 valence electrons. The lowest BCUT2D eigenvalue weighted by Crippen LogP contribution is -2.37. The molecule has 1 aromatic heterocycles. The number of amides is 1. The number of hydrogen-bond acceptors (Lipinski definition) is 5. The lowest BCUT2D eigenvalue weighted by Gasteiger charge is -2.10. The summed E-state index contributed by atoms with van der Waals surface area (Å²) >= 11 is 1.13. The van der Waals surface area contributed by atoms with E-state index in [1.54, 1.807) is 31.2 Å². The Morgan fingerprint density at radius 1 is 1.22 bits per heavy atom. The van der Waals surface area contributed by atoms with Gasteiger partial charge in [-0.05, 0) is 59.8 Å². The molecule has 0 fully saturated rings. The maximum atomic E-state index is 12.5. The van der Waals surface area contributed by atoms with E-state index in [4.69, 9.17) is 9.26 Å². The number of para-hydroxylation sites is 1. The van der Waals surface area contributed by atoms with E-state index >= 15 is 0 Å². The second-order valence-electron chi connectivity index (χ2n) is 5.66. The molecule has 1 heterocycles. The van der Waals surface area contributed by atoms with Crippen LogP contribution in [0.2, 0.25) is 0 Å². The minimum absolute atomic E-state index is 0.218. The van der Waals surface area contributed by atoms with E-state index in [2.05, 4.69) is 10.6 Å². The van der Waals surface area contributed by atoms with E-state index in [0.29, 0.717) is 17.3 Å². The van der Waals surface area contributed by atoms with E-state index in [9.17, 15) is 9.59 Å². The van der Waals surface area contributed by atoms with Crippen LogP contribution in [0.4, 0.5) is 5.69 Å². The predicted molar refractivity (Wildman–Crippen MR) is 102 cm³/mol. The van der Waals surface area contributed by atoms with Crippen LogP contribution >= 0.6 is 11.8 Å². The Morgan fingerprint density at radius 3 is 2.59 bits per heavy atom. The quantitative estimate of drug-likeness (QED) is 0.482. The van der Waals surface area contributed by atoms with Crippen LogP contribution in [0, 0.1) is 0 Å². The molecule has 3 aromatic rings. The van der Waals surface area contributed by atoms with Gasteiger partial charge in [0.25, 0.3) is 0 Å². The number of nitrogens with zero attached hydrogens (tertiary/aromatic N) is 1. The predicted octanol–water partition coefficient (Wildman–Crippen LogP) is 2.76. The van der Waals surface area contributed by atoms with Crippen molar-refractivity contribution >= 4 is 23.4 Å². The highest BCUT2D eigenvalue weighted by Gasteiger charge is 2.28. The topological polar surface area (TPSA) is 88.2 Å². The average Bonchev–Trinajstić information content (AvgIpc) is 3.04. The summed E-state index contributed by atoms with van der Waals surface area (Å²) in [7, 11) is 0. The van der Waals surface area contributed by atoms with Crippen LogP contribution in [0.25, 0.3) is 5.69 Å². The lowest BCUT2D eigenvalue weighted by atomic mass is 10.3. The lowest BCUT2D eigenvalue weighted by molar-refractivity contribution is -0.704. The third-order valence-corrected chi connectivity index (χ3v) is 4.85. The van der Waals surface area contributed by atoms with Crippen molar-refractivity contribution in [1.29, 1.82) is 0 Å². The number of rotatable bonds is 7. The molecule has 2 aromatic carbocycles. The Labute approximate surface area is 160 Å². The molecule has 3 rings (SSSR count). The van der Waals surface area contributed by atoms with Crippen molar-refractivity contribution in [3.63, 3.8) is 0 Å². The van der Waals surface area contributed by atoms with Crippen LogP contribution in [0.1, 0.15) is 13.8 Å². The molecular formula is C19H20N3O4S+. The molecule has 0 aliphatic carbocycles. The third kappa shape index (κ3) is 4.59. The molecule has 0 bridgehead atoms. The van der Waals surface area contributed by atoms with Crippen molar-refractivity contribution in [2.45, 2.75) is 24.1 Å². The molecule has 8 heteroatoms. The second kappa shape index (κ2) is 8.59. The van der Waals surface area contributed by atoms with Gasteiger partial charge in [0.15, 0.2) is 0 Å². The smallest absolute Gasteiger partial charge is 0.442 e. The summed E-state index contributed by atoms with van der Waals surface area (Å²) in [6, 6.07) is 16.4. The Balaban J connectivity index is 1.70. The van der Waals surface area contributed by atoms with Gasteiger partial charge in [-0.3, -0.25) is 9.32 Å². The van der Waals surface area contributed by atoms with Crippen molar-refractivity contribution < 1.29 is 18.7 Å². The van der Waals surface area contributed by atoms with Crippen LogP contribution in [0.3, 0.4) is 0 Å². The van der Waals surface area contributed by atoms with Gasteiger partial charge < -0.3 is 10.1 Å². The van der Waals surface area contributed by atoms with Gasteiger partial charge in [-0.2, -0.15) is 0 Å². The molecule has 0 spiro atoms. The maximum absolute atomic E-state index is 12.5. The van der Waals surface area contributed by atoms with E-state index in [1.165, 1.54) is 4.68 Å². The van der Waals surface area contributed by atoms with Gasteiger partial charge in [0.05, 0.1) is 11.9 Å². The monoisotopic (exact) mass is 386 g/mol. The van der Waals surface area contributed by atoms with Crippen molar-refractivity contribution in [2.24, 2.45) is 0 Å². The average molecular weight is 386 g/mol. The zero-order valence-electron chi connectivity index (χ0n) is 15.0. The summed E-state index contributed by atoms with van der Waals surface area (Å²) in [5.41, 5.74) is 0.877. The van der Waals surface area contributed by atoms with Gasteiger partial charge in [-0.15, -0.1) is 0 Å². The summed E-state index contributed by atoms with van der Waals surface area (Å²) in [5, 5.41) is 5.19. The minimum atomic E-state index is -0.524. The molecule has 0 aliphatic heterocycles. The summed E-state index contributed by atoms with van der Waals surface area (Å²) < 4.78 is 11.8. The van der Waals surface area contributed by atoms with Crippen LogP contribution < -0.4 is 20.4 Å². The number of benzene rings is 2. The number of nitrogens with one attached hydrogen (secondary N) is 2. The zero-order chi connectivity index (χ0) is 19.2. The van der Waals surface area contributed by atoms with Gasteiger partial charge in [0, 0.05) is 17.8 Å². The summed E-state index contributed by atoms with van der Waals surface area (Å²) in [6.07, 6.45) is 0. The van der Waals surface area contributed by atoms with Crippen molar-refractivity contribution in [3.8, 4) is 11.4 Å². The number of aromatic nitrogens is 2. The molecule has 0 saturated heterocycles. The van der Waals surface area contributed by atoms with E-state index in [1.807, 2.05) is 37.3 Å². The number of ether oxygens (including phenoxy) is 1. The first kappa shape index (κ1) is 18.8. The van der Waals surface area contributed by atoms with Gasteiger partial charge >= 0.3 is 10.7 Å². The number of H-pyrrole nitrogens is 1. The molecule has 0 radical (unpaired) electrons. The fourth-order valence-corrected chi connectivity index (χ4v) is 3.26. The number of thioether (sulfide) groups is 1. The highest BCUT2D eigenvalue weighted by molar-refractivity contribution is 8.00. The molecule has 1 unspecified atom stereocenters. The third-order valence-electron chi connectivity index (χ3n) is 3.71. The van der Waals surface area contributed by atoms with E-state index < -0.39 is 10.9 Å². The first-order chi connectivity index (χ1) is 13.1. The van der Waals surface area contributed by atoms with Crippen LogP contribution in [0.5, 0.6) is 5.75 Å². The molecular weight excluding hydrogens is 366 g/mol. The van der Waals surface area contributed by atoms with E-state index in [-0.39, 0.29) is 5.91 Å². The number of carbonyl (C=O) groups excluding carboxylic acids is 1. The zero-order valence-corrected chi connectivity index (χ0v) is 15.8. The Kier molecular flexibility index (Phi) is 5.97. The van der Waals surface area contributed by atoms with Crippen molar-refractivity contribution in [3.05, 3.63) is 65.0 Å². The molecule has 0 aliphatic rings. The summed E-state index contributed by atoms with van der Waals surface area (Å²) in [5.74, 6) is 0.524. The van der Waals surface area contributed by atoms with E-state index in [0.717, 1.165) is 23.2 Å². The SMILES string of the molecule is CCOc1ccc(NC(=O)C(C)Sc2c(=O)o[nH][n+]2-c2ccccc2)cc1. The molecule has 0 saturated carbocycles. The van der Waals surface area contributed by atoms with Gasteiger partial charge in [0.1, 0.15) is 5.75 Å². The molecule has 1 atom stereocenters. The van der Waals surface area contributed by atoms with Crippen molar-refractivity contribution in [2.75, 3.05) is 11.9 Å². The van der Waals surface area contributed by atoms with Crippen LogP contribution in [-0.2, 0) is 4.79 Å². The minimum Gasteiger partial charge on any atom is -0.494 e. The Bertz CT molecular complexity index is 951. The largest absolute Gasteiger partial charge is 0.494 e. The first-order valence-electron chi connectivity index (χ1n) is 8.48. The highest BCUT2D eigenvalue weighted by Crippen LogP contribution is 2.21. The molecule has 27 heavy (non-hydrogen) atoms. The molecule has 1 amide bonds. The Morgan fingerprint density at radius 2 is 1.93 bits per heavy atom.